The molecule has 7 heteroatoms. The van der Waals surface area contributed by atoms with E-state index in [2.05, 4.69) is 42.5 Å². The number of anilines is 1. The smallest absolute Gasteiger partial charge is 0.261 e. The Hall–Kier alpha value is -1.96. The number of aryl methyl sites for hydroxylation is 1. The number of hydrogen-bond acceptors (Lipinski definition) is 3. The van der Waals surface area contributed by atoms with Crippen molar-refractivity contribution in [2.45, 2.75) is 6.92 Å². The third-order valence-corrected chi connectivity index (χ3v) is 5.91. The van der Waals surface area contributed by atoms with E-state index in [9.17, 15) is 4.79 Å². The van der Waals surface area contributed by atoms with Gasteiger partial charge in [0, 0.05) is 10.2 Å². The van der Waals surface area contributed by atoms with Gasteiger partial charge >= 0.3 is 0 Å². The number of hydrogen-bond donors (Lipinski definition) is 2. The third-order valence-electron chi connectivity index (χ3n) is 4.03. The first-order chi connectivity index (χ1) is 12.9. The van der Waals surface area contributed by atoms with E-state index in [1.807, 2.05) is 49.4 Å². The zero-order chi connectivity index (χ0) is 19.6. The number of thiocarbonyl (C=S) groups is 1. The summed E-state index contributed by atoms with van der Waals surface area (Å²) in [7, 11) is 1.53. The van der Waals surface area contributed by atoms with E-state index in [1.165, 1.54) is 7.11 Å². The maximum absolute atomic E-state index is 12.8. The van der Waals surface area contributed by atoms with Crippen LogP contribution in [-0.2, 0) is 0 Å². The summed E-state index contributed by atoms with van der Waals surface area (Å²) in [5.41, 5.74) is 2.26. The highest BCUT2D eigenvalue weighted by molar-refractivity contribution is 9.11. The van der Waals surface area contributed by atoms with Crippen LogP contribution in [0.1, 0.15) is 15.9 Å². The number of amides is 1. The highest BCUT2D eigenvalue weighted by Gasteiger charge is 2.19. The molecule has 3 rings (SSSR count). The molecule has 27 heavy (non-hydrogen) atoms. The molecule has 0 aliphatic rings. The minimum Gasteiger partial charge on any atom is -0.495 e. The molecule has 0 heterocycles. The molecule has 2 N–H and O–H groups in total. The Bertz CT molecular complexity index is 1050. The average Bonchev–Trinajstić information content (AvgIpc) is 2.64. The fraction of sp³-hybridized carbons (Fsp3) is 0.100. The third kappa shape index (κ3) is 4.31. The van der Waals surface area contributed by atoms with Gasteiger partial charge in [-0.1, -0.05) is 40.2 Å². The SMILES string of the molecule is COc1c(C(=O)NC(=S)Nc2ccc(Br)c(C)c2)cc2ccccc2c1Br. The molecular weight excluding hydrogens is 492 g/mol. The standard InChI is InChI=1S/C20H16Br2N2O2S/c1-11-9-13(7-8-16(11)21)23-20(27)24-19(25)15-10-12-5-3-4-6-14(12)17(22)18(15)26-2/h3-10H,1-2H3,(H2,23,24,25,27). The number of carbonyl (C=O) groups is 1. The van der Waals surface area contributed by atoms with E-state index in [-0.39, 0.29) is 11.0 Å². The number of carbonyl (C=O) groups excluding carboxylic acids is 1. The van der Waals surface area contributed by atoms with Crippen molar-refractivity contribution >= 4 is 71.6 Å². The van der Waals surface area contributed by atoms with Gasteiger partial charge in [-0.05, 0) is 75.7 Å². The molecule has 0 bridgehead atoms. The molecule has 0 aromatic heterocycles. The van der Waals surface area contributed by atoms with Gasteiger partial charge < -0.3 is 10.1 Å². The van der Waals surface area contributed by atoms with Crippen LogP contribution in [0.25, 0.3) is 10.8 Å². The summed E-state index contributed by atoms with van der Waals surface area (Å²) in [5, 5.41) is 7.85. The number of rotatable bonds is 3. The molecule has 0 saturated heterocycles. The zero-order valence-electron chi connectivity index (χ0n) is 14.6. The maximum Gasteiger partial charge on any atom is 0.261 e. The van der Waals surface area contributed by atoms with Crippen LogP contribution in [0, 0.1) is 6.92 Å². The lowest BCUT2D eigenvalue weighted by Crippen LogP contribution is -2.34. The fourth-order valence-electron chi connectivity index (χ4n) is 2.71. The van der Waals surface area contributed by atoms with Crippen LogP contribution in [0.3, 0.4) is 0 Å². The van der Waals surface area contributed by atoms with E-state index in [4.69, 9.17) is 17.0 Å². The first kappa shape index (κ1) is 19.8. The van der Waals surface area contributed by atoms with Crippen molar-refractivity contribution < 1.29 is 9.53 Å². The van der Waals surface area contributed by atoms with Crippen molar-refractivity contribution in [3.05, 3.63) is 68.6 Å². The number of benzene rings is 3. The van der Waals surface area contributed by atoms with Gasteiger partial charge in [0.1, 0.15) is 5.75 Å². The Balaban J connectivity index is 1.85. The second-order valence-corrected chi connectivity index (χ2v) is 7.92. The summed E-state index contributed by atoms with van der Waals surface area (Å²) in [5.74, 6) is 0.123. The lowest BCUT2D eigenvalue weighted by atomic mass is 10.1. The molecule has 0 radical (unpaired) electrons. The minimum absolute atomic E-state index is 0.216. The summed E-state index contributed by atoms with van der Waals surface area (Å²) in [4.78, 5) is 12.8. The molecule has 138 valence electrons. The summed E-state index contributed by atoms with van der Waals surface area (Å²) in [6, 6.07) is 15.3. The Kier molecular flexibility index (Phi) is 6.14. The van der Waals surface area contributed by atoms with Crippen LogP contribution in [0.2, 0.25) is 0 Å². The minimum atomic E-state index is -0.343. The Morgan fingerprint density at radius 1 is 1.11 bits per heavy atom. The zero-order valence-corrected chi connectivity index (χ0v) is 18.6. The first-order valence-electron chi connectivity index (χ1n) is 8.04. The molecule has 0 atom stereocenters. The van der Waals surface area contributed by atoms with E-state index < -0.39 is 0 Å². The molecule has 1 amide bonds. The number of nitrogens with one attached hydrogen (secondary N) is 2. The van der Waals surface area contributed by atoms with Gasteiger partial charge in [0.05, 0.1) is 17.1 Å². The van der Waals surface area contributed by atoms with Gasteiger partial charge in [-0.3, -0.25) is 10.1 Å². The maximum atomic E-state index is 12.8. The molecule has 0 aliphatic carbocycles. The van der Waals surface area contributed by atoms with E-state index >= 15 is 0 Å². The van der Waals surface area contributed by atoms with Gasteiger partial charge in [0.15, 0.2) is 5.11 Å². The molecule has 4 nitrogen and oxygen atoms in total. The summed E-state index contributed by atoms with van der Waals surface area (Å²) in [6.45, 7) is 1.98. The highest BCUT2D eigenvalue weighted by Crippen LogP contribution is 2.36. The monoisotopic (exact) mass is 506 g/mol. The van der Waals surface area contributed by atoms with Crippen molar-refractivity contribution in [1.82, 2.24) is 5.32 Å². The second-order valence-electron chi connectivity index (χ2n) is 5.86. The van der Waals surface area contributed by atoms with Crippen molar-refractivity contribution in [3.63, 3.8) is 0 Å². The predicted octanol–water partition coefficient (Wildman–Crippen LogP) is 5.81. The van der Waals surface area contributed by atoms with Crippen molar-refractivity contribution in [2.75, 3.05) is 12.4 Å². The Labute approximate surface area is 179 Å². The van der Waals surface area contributed by atoms with E-state index in [1.54, 1.807) is 6.07 Å². The van der Waals surface area contributed by atoms with Crippen LogP contribution < -0.4 is 15.4 Å². The van der Waals surface area contributed by atoms with Crippen LogP contribution >= 0.6 is 44.1 Å². The van der Waals surface area contributed by atoms with E-state index in [0.717, 1.165) is 31.0 Å². The molecule has 0 aliphatic heterocycles. The average molecular weight is 508 g/mol. The highest BCUT2D eigenvalue weighted by atomic mass is 79.9. The molecule has 0 saturated carbocycles. The molecule has 0 unspecified atom stereocenters. The van der Waals surface area contributed by atoms with Crippen molar-refractivity contribution in [1.29, 1.82) is 0 Å². The fourth-order valence-corrected chi connectivity index (χ4v) is 3.90. The molecule has 0 fully saturated rings. The lowest BCUT2D eigenvalue weighted by Gasteiger charge is -2.15. The number of fused-ring (bicyclic) bond motifs is 1. The van der Waals surface area contributed by atoms with E-state index in [0.29, 0.717) is 11.3 Å². The normalized spacial score (nSPS) is 10.5. The molecular formula is C20H16Br2N2O2S. The number of ether oxygens (including phenoxy) is 1. The van der Waals surface area contributed by atoms with Crippen molar-refractivity contribution in [3.8, 4) is 5.75 Å². The first-order valence-corrected chi connectivity index (χ1v) is 10.0. The van der Waals surface area contributed by atoms with Crippen LogP contribution in [0.4, 0.5) is 5.69 Å². The number of halogens is 2. The van der Waals surface area contributed by atoms with Gasteiger partial charge in [-0.15, -0.1) is 0 Å². The van der Waals surface area contributed by atoms with Gasteiger partial charge in [-0.2, -0.15) is 0 Å². The van der Waals surface area contributed by atoms with Gasteiger partial charge in [-0.25, -0.2) is 0 Å². The molecule has 0 spiro atoms. The van der Waals surface area contributed by atoms with Crippen LogP contribution in [-0.4, -0.2) is 18.1 Å². The van der Waals surface area contributed by atoms with Crippen LogP contribution in [0.5, 0.6) is 5.75 Å². The molecule has 3 aromatic rings. The van der Waals surface area contributed by atoms with Gasteiger partial charge in [0.2, 0.25) is 0 Å². The quantitative estimate of drug-likeness (QED) is 0.439. The second kappa shape index (κ2) is 8.37. The molecule has 3 aromatic carbocycles. The number of methoxy groups -OCH3 is 1. The van der Waals surface area contributed by atoms with Gasteiger partial charge in [0.25, 0.3) is 5.91 Å². The topological polar surface area (TPSA) is 50.4 Å². The summed E-state index contributed by atoms with van der Waals surface area (Å²) >= 11 is 12.3. The summed E-state index contributed by atoms with van der Waals surface area (Å²) < 4.78 is 7.20. The van der Waals surface area contributed by atoms with Crippen LogP contribution in [0.15, 0.2) is 57.5 Å². The summed E-state index contributed by atoms with van der Waals surface area (Å²) in [6.07, 6.45) is 0. The largest absolute Gasteiger partial charge is 0.495 e. The van der Waals surface area contributed by atoms with Crippen molar-refractivity contribution in [2.24, 2.45) is 0 Å². The predicted molar refractivity (Wildman–Crippen MR) is 121 cm³/mol. The Morgan fingerprint density at radius 3 is 2.56 bits per heavy atom. The lowest BCUT2D eigenvalue weighted by molar-refractivity contribution is 0.0975. The Morgan fingerprint density at radius 2 is 1.85 bits per heavy atom.